The summed E-state index contributed by atoms with van der Waals surface area (Å²) in [6.45, 7) is 3.47. The Morgan fingerprint density at radius 2 is 1.32 bits per heavy atom. The van der Waals surface area contributed by atoms with Crippen LogP contribution in [0.3, 0.4) is 0 Å². The van der Waals surface area contributed by atoms with Crippen LogP contribution in [0.4, 0.5) is 0 Å². The number of esters is 1. The van der Waals surface area contributed by atoms with Gasteiger partial charge in [-0.1, -0.05) is 84.0 Å². The molecule has 0 aromatic rings. The fourth-order valence-electron chi connectivity index (χ4n) is 3.57. The van der Waals surface area contributed by atoms with Crippen LogP contribution in [0.1, 0.15) is 104 Å². The number of phosphoric acid groups is 1. The molecule has 2 atom stereocenters. The third kappa shape index (κ3) is 26.6. The summed E-state index contributed by atoms with van der Waals surface area (Å²) in [4.78, 5) is 33.3. The van der Waals surface area contributed by atoms with Gasteiger partial charge in [0, 0.05) is 6.42 Å². The highest BCUT2D eigenvalue weighted by Crippen LogP contribution is 2.43. The Morgan fingerprint density at radius 1 is 0.811 bits per heavy atom. The van der Waals surface area contributed by atoms with Crippen LogP contribution in [-0.4, -0.2) is 81.3 Å². The lowest BCUT2D eigenvalue weighted by Crippen LogP contribution is -2.37. The first-order valence-electron chi connectivity index (χ1n) is 14.1. The molecule has 0 aliphatic heterocycles. The van der Waals surface area contributed by atoms with E-state index in [2.05, 4.69) is 6.92 Å². The Bertz CT molecular complexity index is 638. The number of phosphoric ester groups is 1. The summed E-state index contributed by atoms with van der Waals surface area (Å²) in [6, 6.07) is 0. The van der Waals surface area contributed by atoms with Crippen LogP contribution in [0, 0.1) is 0 Å². The molecule has 0 saturated heterocycles. The van der Waals surface area contributed by atoms with E-state index in [0.29, 0.717) is 17.4 Å². The summed E-state index contributed by atoms with van der Waals surface area (Å²) in [6.07, 6.45) is 15.5. The van der Waals surface area contributed by atoms with E-state index >= 15 is 0 Å². The van der Waals surface area contributed by atoms with Crippen LogP contribution in [0.2, 0.25) is 0 Å². The number of nitrogens with zero attached hydrogens (tertiary/aromatic N) is 1. The molecular formula is C27H55NO8P+. The number of unbranched alkanes of at least 4 members (excludes halogenated alkanes) is 12. The van der Waals surface area contributed by atoms with Gasteiger partial charge in [-0.05, 0) is 13.3 Å². The maximum atomic E-state index is 12.1. The SMILES string of the molecule is CCCCCCCCCCCCCCCC(=O)OCC(COP(=O)(O)OCC[N+](C)(C)C)OCC(C)=O. The molecule has 0 rings (SSSR count). The van der Waals surface area contributed by atoms with E-state index in [-0.39, 0.29) is 38.2 Å². The van der Waals surface area contributed by atoms with Crippen LogP contribution in [0.25, 0.3) is 0 Å². The minimum atomic E-state index is -4.29. The van der Waals surface area contributed by atoms with Gasteiger partial charge in [-0.3, -0.25) is 18.6 Å². The van der Waals surface area contributed by atoms with Gasteiger partial charge in [-0.25, -0.2) is 4.57 Å². The van der Waals surface area contributed by atoms with Gasteiger partial charge in [0.1, 0.15) is 32.5 Å². The summed E-state index contributed by atoms with van der Waals surface area (Å²) < 4.78 is 33.3. The van der Waals surface area contributed by atoms with Gasteiger partial charge >= 0.3 is 13.8 Å². The number of likely N-dealkylation sites (N-methyl/N-ethyl adjacent to an activating group) is 1. The maximum Gasteiger partial charge on any atom is 0.472 e. The number of carbonyl (C=O) groups excluding carboxylic acids is 2. The summed E-state index contributed by atoms with van der Waals surface area (Å²) in [5.41, 5.74) is 0. The van der Waals surface area contributed by atoms with Crippen molar-refractivity contribution in [2.24, 2.45) is 0 Å². The van der Waals surface area contributed by atoms with E-state index in [1.54, 1.807) is 0 Å². The molecule has 0 aromatic carbocycles. The van der Waals surface area contributed by atoms with Crippen molar-refractivity contribution in [1.29, 1.82) is 0 Å². The Hall–Kier alpha value is -0.830. The van der Waals surface area contributed by atoms with Gasteiger partial charge in [-0.2, -0.15) is 0 Å². The zero-order valence-electron chi connectivity index (χ0n) is 24.2. The predicted molar refractivity (Wildman–Crippen MR) is 146 cm³/mol. The van der Waals surface area contributed by atoms with Crippen LogP contribution in [0.5, 0.6) is 0 Å². The molecule has 220 valence electrons. The Balaban J connectivity index is 4.03. The molecule has 0 radical (unpaired) electrons. The lowest BCUT2D eigenvalue weighted by Gasteiger charge is -2.24. The number of ether oxygens (including phenoxy) is 2. The zero-order chi connectivity index (χ0) is 28.0. The molecule has 0 heterocycles. The van der Waals surface area contributed by atoms with Crippen molar-refractivity contribution >= 4 is 19.6 Å². The highest BCUT2D eigenvalue weighted by molar-refractivity contribution is 7.47. The fourth-order valence-corrected chi connectivity index (χ4v) is 4.31. The lowest BCUT2D eigenvalue weighted by atomic mass is 10.0. The van der Waals surface area contributed by atoms with Gasteiger partial charge in [-0.15, -0.1) is 0 Å². The third-order valence-corrected chi connectivity index (χ3v) is 6.86. The third-order valence-electron chi connectivity index (χ3n) is 5.88. The van der Waals surface area contributed by atoms with Crippen molar-refractivity contribution < 1.29 is 42.1 Å². The van der Waals surface area contributed by atoms with E-state index in [1.165, 1.54) is 71.1 Å². The monoisotopic (exact) mass is 552 g/mol. The number of Topliss-reactive ketones (excluding diaryl/α,β-unsaturated/α-hetero) is 1. The molecule has 10 heteroatoms. The minimum absolute atomic E-state index is 0.0460. The fraction of sp³-hybridized carbons (Fsp3) is 0.926. The first-order valence-corrected chi connectivity index (χ1v) is 15.6. The second kappa shape index (κ2) is 22.0. The molecule has 0 aromatic heterocycles. The number of ketones is 1. The molecule has 0 bridgehead atoms. The van der Waals surface area contributed by atoms with Crippen LogP contribution >= 0.6 is 7.82 Å². The van der Waals surface area contributed by atoms with Gasteiger partial charge < -0.3 is 18.9 Å². The van der Waals surface area contributed by atoms with Crippen molar-refractivity contribution in [3.05, 3.63) is 0 Å². The normalized spacial score (nSPS) is 14.3. The Morgan fingerprint density at radius 3 is 1.81 bits per heavy atom. The quantitative estimate of drug-likeness (QED) is 0.0618. The van der Waals surface area contributed by atoms with Crippen LogP contribution in [-0.2, 0) is 32.7 Å². The van der Waals surface area contributed by atoms with Gasteiger partial charge in [0.15, 0.2) is 5.78 Å². The number of carbonyl (C=O) groups is 2. The number of hydrogen-bond donors (Lipinski definition) is 1. The van der Waals surface area contributed by atoms with E-state index < -0.39 is 13.9 Å². The summed E-state index contributed by atoms with van der Waals surface area (Å²) >= 11 is 0. The number of hydrogen-bond acceptors (Lipinski definition) is 7. The first kappa shape index (κ1) is 36.2. The molecule has 0 saturated carbocycles. The second-order valence-electron chi connectivity index (χ2n) is 10.9. The average molecular weight is 553 g/mol. The van der Waals surface area contributed by atoms with Crippen LogP contribution < -0.4 is 0 Å². The summed E-state index contributed by atoms with van der Waals surface area (Å²) in [5.74, 6) is -0.569. The highest BCUT2D eigenvalue weighted by Gasteiger charge is 2.25. The van der Waals surface area contributed by atoms with Gasteiger partial charge in [0.2, 0.25) is 0 Å². The smallest absolute Gasteiger partial charge is 0.463 e. The largest absolute Gasteiger partial charge is 0.472 e. The van der Waals surface area contributed by atoms with Crippen molar-refractivity contribution in [3.63, 3.8) is 0 Å². The molecule has 0 aliphatic rings. The van der Waals surface area contributed by atoms with Gasteiger partial charge in [0.05, 0.1) is 27.7 Å². The zero-order valence-corrected chi connectivity index (χ0v) is 25.1. The van der Waals surface area contributed by atoms with Crippen molar-refractivity contribution in [2.75, 3.05) is 54.1 Å². The number of rotatable bonds is 26. The molecular weight excluding hydrogens is 497 g/mol. The Labute approximate surface area is 225 Å². The molecule has 0 aliphatic carbocycles. The highest BCUT2D eigenvalue weighted by atomic mass is 31.2. The van der Waals surface area contributed by atoms with E-state index in [1.807, 2.05) is 21.1 Å². The molecule has 37 heavy (non-hydrogen) atoms. The molecule has 0 amide bonds. The lowest BCUT2D eigenvalue weighted by molar-refractivity contribution is -0.870. The summed E-state index contributed by atoms with van der Waals surface area (Å²) in [7, 11) is 1.52. The maximum absolute atomic E-state index is 12.1. The van der Waals surface area contributed by atoms with Crippen molar-refractivity contribution in [2.45, 2.75) is 110 Å². The summed E-state index contributed by atoms with van der Waals surface area (Å²) in [5, 5.41) is 0. The van der Waals surface area contributed by atoms with E-state index in [9.17, 15) is 19.0 Å². The van der Waals surface area contributed by atoms with E-state index in [0.717, 1.165) is 19.3 Å². The molecule has 0 fully saturated rings. The first-order chi connectivity index (χ1) is 17.4. The topological polar surface area (TPSA) is 108 Å². The van der Waals surface area contributed by atoms with Crippen molar-refractivity contribution in [3.8, 4) is 0 Å². The van der Waals surface area contributed by atoms with Crippen molar-refractivity contribution in [1.82, 2.24) is 0 Å². The number of quaternary nitrogens is 1. The molecule has 1 N–H and O–H groups in total. The molecule has 0 spiro atoms. The minimum Gasteiger partial charge on any atom is -0.463 e. The van der Waals surface area contributed by atoms with E-state index in [4.69, 9.17) is 18.5 Å². The van der Waals surface area contributed by atoms with Crippen LogP contribution in [0.15, 0.2) is 0 Å². The van der Waals surface area contributed by atoms with Gasteiger partial charge in [0.25, 0.3) is 0 Å². The molecule has 2 unspecified atom stereocenters. The average Bonchev–Trinajstić information content (AvgIpc) is 2.80. The predicted octanol–water partition coefficient (Wildman–Crippen LogP) is 5.82. The standard InChI is InChI=1S/C27H54NO8P/c1-6-7-8-9-10-11-12-13-14-15-16-17-18-19-27(30)34-23-26(33-22-25(2)29)24-36-37(31,32)35-21-20-28(3,4)5/h26H,6-24H2,1-5H3/p+1. The molecule has 9 nitrogen and oxygen atoms in total. The Kier molecular flexibility index (Phi) is 21.5. The second-order valence-corrected chi connectivity index (χ2v) is 12.4.